The quantitative estimate of drug-likeness (QED) is 0.646. The second-order valence-corrected chi connectivity index (χ2v) is 9.68. The van der Waals surface area contributed by atoms with E-state index in [0.29, 0.717) is 6.42 Å². The third-order valence-electron chi connectivity index (χ3n) is 7.23. The molecular formula is C25H30N2O. The molecule has 0 saturated heterocycles. The highest BCUT2D eigenvalue weighted by Crippen LogP contribution is 2.61. The summed E-state index contributed by atoms with van der Waals surface area (Å²) >= 11 is 0. The van der Waals surface area contributed by atoms with Crippen LogP contribution in [0.25, 0.3) is 0 Å². The lowest BCUT2D eigenvalue weighted by Gasteiger charge is -2.56. The fraction of sp³-hybridized carbons (Fsp3) is 0.480. The molecule has 4 bridgehead atoms. The molecule has 3 nitrogen and oxygen atoms in total. The van der Waals surface area contributed by atoms with E-state index in [2.05, 4.69) is 41.8 Å². The van der Waals surface area contributed by atoms with Crippen LogP contribution in [0.3, 0.4) is 0 Å². The maximum atomic E-state index is 13.0. The Morgan fingerprint density at radius 1 is 0.893 bits per heavy atom. The van der Waals surface area contributed by atoms with Crippen LogP contribution in [0.5, 0.6) is 0 Å². The van der Waals surface area contributed by atoms with Crippen molar-refractivity contribution in [3.05, 3.63) is 54.1 Å². The zero-order valence-corrected chi connectivity index (χ0v) is 16.7. The molecule has 28 heavy (non-hydrogen) atoms. The van der Waals surface area contributed by atoms with Crippen LogP contribution in [-0.4, -0.2) is 5.91 Å². The molecule has 3 heteroatoms. The molecule has 4 fully saturated rings. The van der Waals surface area contributed by atoms with Crippen molar-refractivity contribution in [1.29, 1.82) is 0 Å². The number of hydrogen-bond acceptors (Lipinski definition) is 2. The Morgan fingerprint density at radius 3 is 2.07 bits per heavy atom. The Kier molecular flexibility index (Phi) is 4.41. The summed E-state index contributed by atoms with van der Waals surface area (Å²) in [6.45, 7) is 2.09. The standard InChI is InChI=1S/C25H30N2O/c1-17-6-8-21(9-7-17)26-22-4-2-3-5-23(22)27-24(28)16-25-13-18-10-19(14-25)12-20(11-18)15-25/h2-9,18-20,26H,10-16H2,1H3,(H,27,28). The highest BCUT2D eigenvalue weighted by atomic mass is 16.1. The van der Waals surface area contributed by atoms with Crippen molar-refractivity contribution >= 4 is 23.0 Å². The molecule has 0 heterocycles. The molecule has 4 aliphatic rings. The van der Waals surface area contributed by atoms with Gasteiger partial charge in [0.25, 0.3) is 0 Å². The van der Waals surface area contributed by atoms with E-state index >= 15 is 0 Å². The van der Waals surface area contributed by atoms with Gasteiger partial charge in [0, 0.05) is 12.1 Å². The third-order valence-corrected chi connectivity index (χ3v) is 7.23. The normalized spacial score (nSPS) is 30.2. The first kappa shape index (κ1) is 17.8. The predicted molar refractivity (Wildman–Crippen MR) is 115 cm³/mol. The van der Waals surface area contributed by atoms with Gasteiger partial charge in [0.1, 0.15) is 0 Å². The van der Waals surface area contributed by atoms with E-state index in [1.807, 2.05) is 24.3 Å². The van der Waals surface area contributed by atoms with Crippen LogP contribution >= 0.6 is 0 Å². The average Bonchev–Trinajstić information content (AvgIpc) is 2.63. The monoisotopic (exact) mass is 374 g/mol. The number of carbonyl (C=O) groups is 1. The SMILES string of the molecule is Cc1ccc(Nc2ccccc2NC(=O)CC23CC4CC(CC(C4)C2)C3)cc1. The maximum Gasteiger partial charge on any atom is 0.224 e. The van der Waals surface area contributed by atoms with Gasteiger partial charge in [-0.05, 0) is 92.9 Å². The number of aryl methyl sites for hydroxylation is 1. The minimum atomic E-state index is 0.181. The van der Waals surface area contributed by atoms with Gasteiger partial charge in [-0.3, -0.25) is 4.79 Å². The summed E-state index contributed by atoms with van der Waals surface area (Å²) in [5.74, 6) is 2.83. The van der Waals surface area contributed by atoms with Gasteiger partial charge in [-0.2, -0.15) is 0 Å². The zero-order valence-electron chi connectivity index (χ0n) is 16.7. The molecule has 0 unspecified atom stereocenters. The molecule has 0 aromatic heterocycles. The minimum Gasteiger partial charge on any atom is -0.354 e. The van der Waals surface area contributed by atoms with Gasteiger partial charge in [-0.1, -0.05) is 29.8 Å². The lowest BCUT2D eigenvalue weighted by atomic mass is 9.49. The molecule has 0 radical (unpaired) electrons. The summed E-state index contributed by atoms with van der Waals surface area (Å²) in [4.78, 5) is 13.0. The summed E-state index contributed by atoms with van der Waals surface area (Å²) in [7, 11) is 0. The van der Waals surface area contributed by atoms with E-state index in [1.165, 1.54) is 44.1 Å². The Balaban J connectivity index is 1.28. The van der Waals surface area contributed by atoms with Gasteiger partial charge in [0.15, 0.2) is 0 Å². The molecule has 2 N–H and O–H groups in total. The Morgan fingerprint density at radius 2 is 1.46 bits per heavy atom. The molecule has 4 aliphatic carbocycles. The van der Waals surface area contributed by atoms with Gasteiger partial charge < -0.3 is 10.6 Å². The van der Waals surface area contributed by atoms with E-state index < -0.39 is 0 Å². The van der Waals surface area contributed by atoms with E-state index in [9.17, 15) is 4.79 Å². The predicted octanol–water partition coefficient (Wildman–Crippen LogP) is 6.28. The molecule has 4 saturated carbocycles. The fourth-order valence-corrected chi connectivity index (χ4v) is 6.54. The van der Waals surface area contributed by atoms with Crippen LogP contribution in [0.2, 0.25) is 0 Å². The fourth-order valence-electron chi connectivity index (χ4n) is 6.54. The molecule has 1 amide bonds. The number of para-hydroxylation sites is 2. The van der Waals surface area contributed by atoms with Crippen molar-refractivity contribution in [2.75, 3.05) is 10.6 Å². The van der Waals surface area contributed by atoms with Crippen LogP contribution in [0.4, 0.5) is 17.1 Å². The molecule has 2 aromatic carbocycles. The van der Waals surface area contributed by atoms with Crippen molar-refractivity contribution in [2.24, 2.45) is 23.2 Å². The van der Waals surface area contributed by atoms with Crippen LogP contribution in [0.15, 0.2) is 48.5 Å². The Labute approximate surface area is 167 Å². The summed E-state index contributed by atoms with van der Waals surface area (Å²) in [6.07, 6.45) is 8.77. The smallest absolute Gasteiger partial charge is 0.224 e. The second-order valence-electron chi connectivity index (χ2n) is 9.68. The van der Waals surface area contributed by atoms with E-state index in [1.54, 1.807) is 0 Å². The van der Waals surface area contributed by atoms with E-state index in [0.717, 1.165) is 34.8 Å². The summed E-state index contributed by atoms with van der Waals surface area (Å²) in [5, 5.41) is 6.67. The Bertz CT molecular complexity index is 835. The van der Waals surface area contributed by atoms with Crippen LogP contribution in [0.1, 0.15) is 50.5 Å². The van der Waals surface area contributed by atoms with E-state index in [4.69, 9.17) is 0 Å². The highest BCUT2D eigenvalue weighted by Gasteiger charge is 2.51. The van der Waals surface area contributed by atoms with Crippen molar-refractivity contribution in [3.8, 4) is 0 Å². The van der Waals surface area contributed by atoms with Gasteiger partial charge in [0.05, 0.1) is 11.4 Å². The molecule has 146 valence electrons. The lowest BCUT2D eigenvalue weighted by molar-refractivity contribution is -0.124. The van der Waals surface area contributed by atoms with E-state index in [-0.39, 0.29) is 11.3 Å². The van der Waals surface area contributed by atoms with Gasteiger partial charge in [-0.15, -0.1) is 0 Å². The first-order chi connectivity index (χ1) is 13.6. The summed E-state index contributed by atoms with van der Waals surface area (Å²) in [6, 6.07) is 16.3. The molecule has 0 spiro atoms. The Hall–Kier alpha value is -2.29. The van der Waals surface area contributed by atoms with Crippen LogP contribution < -0.4 is 10.6 Å². The van der Waals surface area contributed by atoms with Crippen molar-refractivity contribution in [1.82, 2.24) is 0 Å². The number of carbonyl (C=O) groups excluding carboxylic acids is 1. The van der Waals surface area contributed by atoms with Crippen LogP contribution in [-0.2, 0) is 4.79 Å². The summed E-state index contributed by atoms with van der Waals surface area (Å²) in [5.41, 5.74) is 4.37. The lowest BCUT2D eigenvalue weighted by Crippen LogP contribution is -2.47. The number of hydrogen-bond donors (Lipinski definition) is 2. The first-order valence-corrected chi connectivity index (χ1v) is 10.8. The molecule has 2 aromatic rings. The van der Waals surface area contributed by atoms with Crippen molar-refractivity contribution in [3.63, 3.8) is 0 Å². The number of nitrogens with one attached hydrogen (secondary N) is 2. The van der Waals surface area contributed by atoms with Crippen molar-refractivity contribution in [2.45, 2.75) is 51.9 Å². The molecule has 0 atom stereocenters. The maximum absolute atomic E-state index is 13.0. The molecular weight excluding hydrogens is 344 g/mol. The molecule has 6 rings (SSSR count). The first-order valence-electron chi connectivity index (χ1n) is 10.8. The zero-order chi connectivity index (χ0) is 19.1. The molecule has 0 aliphatic heterocycles. The number of amides is 1. The van der Waals surface area contributed by atoms with Crippen LogP contribution in [0, 0.1) is 30.1 Å². The average molecular weight is 375 g/mol. The number of anilines is 3. The third kappa shape index (κ3) is 3.55. The minimum absolute atomic E-state index is 0.181. The van der Waals surface area contributed by atoms with Gasteiger partial charge in [0.2, 0.25) is 5.91 Å². The number of rotatable bonds is 5. The van der Waals surface area contributed by atoms with Crippen molar-refractivity contribution < 1.29 is 4.79 Å². The van der Waals surface area contributed by atoms with Gasteiger partial charge in [-0.25, -0.2) is 0 Å². The second kappa shape index (κ2) is 6.95. The highest BCUT2D eigenvalue weighted by molar-refractivity contribution is 5.95. The number of benzene rings is 2. The summed E-state index contributed by atoms with van der Waals surface area (Å²) < 4.78 is 0. The topological polar surface area (TPSA) is 41.1 Å². The van der Waals surface area contributed by atoms with Gasteiger partial charge >= 0.3 is 0 Å². The largest absolute Gasteiger partial charge is 0.354 e.